The molecule has 0 aromatic heterocycles. The highest BCUT2D eigenvalue weighted by molar-refractivity contribution is 14.1. The third-order valence-electron chi connectivity index (χ3n) is 2.04. The molecule has 3 N–H and O–H groups in total. The summed E-state index contributed by atoms with van der Waals surface area (Å²) in [4.78, 5) is 2.40. The number of nitrogens with zero attached hydrogens (tertiary/aromatic N) is 1. The second kappa shape index (κ2) is 9.00. The van der Waals surface area contributed by atoms with Gasteiger partial charge in [0.2, 0.25) is 0 Å². The van der Waals surface area contributed by atoms with Gasteiger partial charge in [-0.15, -0.1) is 0 Å². The van der Waals surface area contributed by atoms with E-state index >= 15 is 0 Å². The molecule has 0 saturated carbocycles. The van der Waals surface area contributed by atoms with Crippen LogP contribution in [0.3, 0.4) is 0 Å². The highest BCUT2D eigenvalue weighted by Gasteiger charge is 2.09. The van der Waals surface area contributed by atoms with Crippen molar-refractivity contribution in [3.8, 4) is 0 Å². The van der Waals surface area contributed by atoms with Crippen LogP contribution in [0.1, 0.15) is 0 Å². The van der Waals surface area contributed by atoms with Gasteiger partial charge in [0, 0.05) is 28.0 Å². The lowest BCUT2D eigenvalue weighted by atomic mass is 10.2. The number of rotatable bonds is 5. The lowest BCUT2D eigenvalue weighted by Crippen LogP contribution is -3.00. The Morgan fingerprint density at radius 1 is 1.07 bits per heavy atom. The zero-order valence-corrected chi connectivity index (χ0v) is 14.3. The van der Waals surface area contributed by atoms with E-state index in [1.165, 1.54) is 5.69 Å². The fraction of sp³-hybridized carbons (Fsp3) is 0.400. The van der Waals surface area contributed by atoms with E-state index in [0.29, 0.717) is 0 Å². The molecule has 0 atom stereocenters. The lowest BCUT2D eigenvalue weighted by molar-refractivity contribution is -0.253. The average Bonchev–Trinajstić information content (AvgIpc) is 2.18. The summed E-state index contributed by atoms with van der Waals surface area (Å²) >= 11 is 4.83. The molecule has 0 aliphatic rings. The molecule has 5 heteroatoms. The number of para-hydroxylation sites is 1. The van der Waals surface area contributed by atoms with E-state index in [0.717, 1.165) is 27.6 Å². The van der Waals surface area contributed by atoms with Crippen molar-refractivity contribution in [2.75, 3.05) is 26.8 Å². The van der Waals surface area contributed by atoms with Crippen molar-refractivity contribution in [2.24, 2.45) is 0 Å². The van der Waals surface area contributed by atoms with Gasteiger partial charge in [-0.2, -0.15) is 0 Å². The smallest absolute Gasteiger partial charge is 0.151 e. The SMILES string of the molecule is [Br-].[NH3+]c1ccccc1N(CCI)CCI. The van der Waals surface area contributed by atoms with Crippen molar-refractivity contribution in [1.29, 1.82) is 0 Å². The molecular weight excluding hydrogens is 482 g/mol. The van der Waals surface area contributed by atoms with Crippen molar-refractivity contribution in [3.05, 3.63) is 24.3 Å². The lowest BCUT2D eigenvalue weighted by Gasteiger charge is -2.22. The van der Waals surface area contributed by atoms with E-state index in [9.17, 15) is 0 Å². The molecule has 86 valence electrons. The van der Waals surface area contributed by atoms with Crippen LogP contribution in [0.4, 0.5) is 11.4 Å². The monoisotopic (exact) mass is 496 g/mol. The quantitative estimate of drug-likeness (QED) is 0.422. The van der Waals surface area contributed by atoms with Gasteiger partial charge in [-0.3, -0.25) is 0 Å². The Bertz CT molecular complexity index is 278. The van der Waals surface area contributed by atoms with Gasteiger partial charge in [-0.25, -0.2) is 0 Å². The van der Waals surface area contributed by atoms with Gasteiger partial charge in [0.15, 0.2) is 5.69 Å². The first kappa shape index (κ1) is 15.9. The fourth-order valence-corrected chi connectivity index (χ4v) is 2.54. The number of benzene rings is 1. The van der Waals surface area contributed by atoms with E-state index in [1.54, 1.807) is 0 Å². The minimum absolute atomic E-state index is 0. The van der Waals surface area contributed by atoms with Gasteiger partial charge in [-0.1, -0.05) is 57.3 Å². The highest BCUT2D eigenvalue weighted by Crippen LogP contribution is 2.20. The summed E-state index contributed by atoms with van der Waals surface area (Å²) in [7, 11) is 0. The summed E-state index contributed by atoms with van der Waals surface area (Å²) in [5.41, 5.74) is 6.46. The first-order chi connectivity index (χ1) is 6.79. The maximum absolute atomic E-state index is 4.06. The molecule has 0 aliphatic carbocycles. The van der Waals surface area contributed by atoms with Crippen LogP contribution in [0.25, 0.3) is 0 Å². The number of alkyl halides is 2. The van der Waals surface area contributed by atoms with Crippen LogP contribution in [0, 0.1) is 0 Å². The Balaban J connectivity index is 0.00000196. The number of quaternary nitrogens is 1. The molecule has 2 nitrogen and oxygen atoms in total. The van der Waals surface area contributed by atoms with E-state index in [4.69, 9.17) is 0 Å². The van der Waals surface area contributed by atoms with E-state index in [-0.39, 0.29) is 17.0 Å². The fourth-order valence-electron chi connectivity index (χ4n) is 1.38. The summed E-state index contributed by atoms with van der Waals surface area (Å²) in [6, 6.07) is 8.35. The summed E-state index contributed by atoms with van der Waals surface area (Å²) in [5.74, 6) is 0. The van der Waals surface area contributed by atoms with Crippen LogP contribution in [-0.2, 0) is 0 Å². The molecule has 0 heterocycles. The predicted molar refractivity (Wildman–Crippen MR) is 79.0 cm³/mol. The first-order valence-corrected chi connectivity index (χ1v) is 7.62. The largest absolute Gasteiger partial charge is 1.00 e. The maximum Gasteiger partial charge on any atom is 0.151 e. The van der Waals surface area contributed by atoms with Crippen LogP contribution < -0.4 is 27.6 Å². The summed E-state index contributed by atoms with van der Waals surface area (Å²) in [5, 5.41) is 0. The molecular formula is C10H15BrI2N2. The van der Waals surface area contributed by atoms with Gasteiger partial charge >= 0.3 is 0 Å². The Labute approximate surface area is 129 Å². The highest BCUT2D eigenvalue weighted by atomic mass is 127. The summed E-state index contributed by atoms with van der Waals surface area (Å²) in [6.45, 7) is 2.21. The Hall–Kier alpha value is 0.920. The molecule has 0 saturated heterocycles. The molecule has 0 aliphatic heterocycles. The molecule has 0 bridgehead atoms. The maximum atomic E-state index is 4.06. The third-order valence-corrected chi connectivity index (χ3v) is 3.01. The Morgan fingerprint density at radius 3 is 2.07 bits per heavy atom. The standard InChI is InChI=1S/C10H14I2N2.BrH/c11-5-7-14(8-6-12)10-4-2-1-3-9(10)13;/h1-4H,5-8,13H2;1H. The van der Waals surface area contributed by atoms with E-state index < -0.39 is 0 Å². The topological polar surface area (TPSA) is 30.9 Å². The molecule has 0 amide bonds. The molecule has 1 aromatic carbocycles. The van der Waals surface area contributed by atoms with E-state index in [2.05, 4.69) is 74.0 Å². The van der Waals surface area contributed by atoms with Crippen LogP contribution in [-0.4, -0.2) is 21.9 Å². The summed E-state index contributed by atoms with van der Waals surface area (Å²) in [6.07, 6.45) is 0. The Morgan fingerprint density at radius 2 is 1.60 bits per heavy atom. The predicted octanol–water partition coefficient (Wildman–Crippen LogP) is -0.760. The third kappa shape index (κ3) is 5.18. The number of hydrogen-bond acceptors (Lipinski definition) is 1. The first-order valence-electron chi connectivity index (χ1n) is 4.57. The van der Waals surface area contributed by atoms with Crippen molar-refractivity contribution in [1.82, 2.24) is 0 Å². The molecule has 0 spiro atoms. The molecule has 1 rings (SSSR count). The van der Waals surface area contributed by atoms with Crippen molar-refractivity contribution >= 4 is 56.6 Å². The van der Waals surface area contributed by atoms with Gasteiger partial charge in [0.25, 0.3) is 0 Å². The van der Waals surface area contributed by atoms with Gasteiger partial charge in [-0.05, 0) is 6.07 Å². The van der Waals surface area contributed by atoms with Crippen LogP contribution in [0.15, 0.2) is 24.3 Å². The minimum atomic E-state index is 0. The Kier molecular flexibility index (Phi) is 9.55. The van der Waals surface area contributed by atoms with Gasteiger partial charge in [0.05, 0.1) is 5.69 Å². The zero-order valence-electron chi connectivity index (χ0n) is 8.43. The number of hydrogen-bond donors (Lipinski definition) is 1. The van der Waals surface area contributed by atoms with Crippen LogP contribution in [0.5, 0.6) is 0 Å². The number of anilines is 1. The second-order valence-corrected chi connectivity index (χ2v) is 5.15. The van der Waals surface area contributed by atoms with Crippen LogP contribution in [0.2, 0.25) is 0 Å². The van der Waals surface area contributed by atoms with E-state index in [1.807, 2.05) is 6.07 Å². The van der Waals surface area contributed by atoms with Crippen molar-refractivity contribution < 1.29 is 22.7 Å². The molecule has 0 unspecified atom stereocenters. The normalized spacial score (nSPS) is 9.53. The van der Waals surface area contributed by atoms with Crippen molar-refractivity contribution in [3.63, 3.8) is 0 Å². The number of halogens is 3. The van der Waals surface area contributed by atoms with Crippen LogP contribution >= 0.6 is 45.2 Å². The van der Waals surface area contributed by atoms with Gasteiger partial charge < -0.3 is 27.6 Å². The molecule has 15 heavy (non-hydrogen) atoms. The minimum Gasteiger partial charge on any atom is -1.00 e. The van der Waals surface area contributed by atoms with Gasteiger partial charge in [0.1, 0.15) is 0 Å². The molecule has 0 fully saturated rings. The molecule has 0 radical (unpaired) electrons. The molecule has 1 aromatic rings. The van der Waals surface area contributed by atoms with Crippen molar-refractivity contribution in [2.45, 2.75) is 0 Å². The summed E-state index contributed by atoms with van der Waals surface area (Å²) < 4.78 is 2.31. The second-order valence-electron chi connectivity index (χ2n) is 2.99. The zero-order chi connectivity index (χ0) is 10.4. The average molecular weight is 497 g/mol.